The molecule has 0 fully saturated rings. The third-order valence-electron chi connectivity index (χ3n) is 4.67. The average Bonchev–Trinajstić information content (AvgIpc) is 3.37. The van der Waals surface area contributed by atoms with Crippen molar-refractivity contribution in [3.05, 3.63) is 89.2 Å². The van der Waals surface area contributed by atoms with Crippen molar-refractivity contribution in [2.24, 2.45) is 4.99 Å². The molecule has 0 amide bonds. The van der Waals surface area contributed by atoms with Crippen molar-refractivity contribution < 1.29 is 14.3 Å². The molecule has 0 N–H and O–H groups in total. The highest BCUT2D eigenvalue weighted by atomic mass is 32.1. The summed E-state index contributed by atoms with van der Waals surface area (Å²) in [5, 5.41) is 1.93. The van der Waals surface area contributed by atoms with Crippen molar-refractivity contribution in [2.45, 2.75) is 13.0 Å². The van der Waals surface area contributed by atoms with Gasteiger partial charge in [-0.3, -0.25) is 9.36 Å². The first kappa shape index (κ1) is 20.5. The quantitative estimate of drug-likeness (QED) is 0.436. The zero-order chi connectivity index (χ0) is 21.1. The molecule has 0 saturated carbocycles. The maximum Gasteiger partial charge on any atom is 0.338 e. The lowest BCUT2D eigenvalue weighted by molar-refractivity contribution is -0.140. The summed E-state index contributed by atoms with van der Waals surface area (Å²) in [4.78, 5) is 32.3. The largest absolute Gasteiger partial charge is 0.460 e. The van der Waals surface area contributed by atoms with Crippen LogP contribution in [0.25, 0.3) is 6.08 Å². The van der Waals surface area contributed by atoms with Gasteiger partial charge in [-0.25, -0.2) is 9.79 Å². The zero-order valence-electron chi connectivity index (χ0n) is 16.5. The van der Waals surface area contributed by atoms with Crippen molar-refractivity contribution in [1.29, 1.82) is 0 Å². The van der Waals surface area contributed by atoms with E-state index in [1.54, 1.807) is 18.6 Å². The summed E-state index contributed by atoms with van der Waals surface area (Å²) in [6.07, 6.45) is 1.85. The predicted molar refractivity (Wildman–Crippen MR) is 117 cm³/mol. The van der Waals surface area contributed by atoms with Crippen molar-refractivity contribution >= 4 is 34.7 Å². The van der Waals surface area contributed by atoms with Gasteiger partial charge in [0.2, 0.25) is 0 Å². The van der Waals surface area contributed by atoms with Gasteiger partial charge in [0, 0.05) is 12.0 Å². The average molecular weight is 441 g/mol. The maximum atomic E-state index is 13.4. The van der Waals surface area contributed by atoms with E-state index < -0.39 is 12.0 Å². The molecule has 1 unspecified atom stereocenters. The van der Waals surface area contributed by atoms with Gasteiger partial charge in [-0.15, -0.1) is 11.3 Å². The van der Waals surface area contributed by atoms with E-state index in [0.717, 1.165) is 10.4 Å². The Labute approximate surface area is 181 Å². The molecule has 3 heterocycles. The highest BCUT2D eigenvalue weighted by molar-refractivity contribution is 7.10. The highest BCUT2D eigenvalue weighted by Crippen LogP contribution is 2.33. The van der Waals surface area contributed by atoms with Crippen LogP contribution in [0.5, 0.6) is 0 Å². The fourth-order valence-electron chi connectivity index (χ4n) is 3.29. The number of allylic oxidation sites excluding steroid dienone is 1. The molecular weight excluding hydrogens is 420 g/mol. The summed E-state index contributed by atoms with van der Waals surface area (Å²) in [5.74, 6) is -0.482. The Morgan fingerprint density at radius 1 is 1.20 bits per heavy atom. The molecule has 1 aliphatic heterocycles. The van der Waals surface area contributed by atoms with Gasteiger partial charge in [0.25, 0.3) is 5.56 Å². The van der Waals surface area contributed by atoms with Gasteiger partial charge in [0.1, 0.15) is 12.6 Å². The van der Waals surface area contributed by atoms with Gasteiger partial charge in [-0.05, 0) is 30.0 Å². The minimum absolute atomic E-state index is 0.141. The van der Waals surface area contributed by atoms with E-state index in [2.05, 4.69) is 4.99 Å². The van der Waals surface area contributed by atoms with Crippen LogP contribution in [0, 0.1) is 0 Å². The maximum absolute atomic E-state index is 13.4. The Morgan fingerprint density at radius 3 is 2.70 bits per heavy atom. The van der Waals surface area contributed by atoms with Crippen LogP contribution in [0.4, 0.5) is 0 Å². The van der Waals surface area contributed by atoms with E-state index >= 15 is 0 Å². The fraction of sp³-hybridized carbons (Fsp3) is 0.227. The van der Waals surface area contributed by atoms with E-state index in [-0.39, 0.29) is 12.2 Å². The number of hydrogen-bond acceptors (Lipinski definition) is 7. The lowest BCUT2D eigenvalue weighted by atomic mass is 10.0. The molecule has 154 valence electrons. The number of aromatic nitrogens is 1. The molecule has 0 radical (unpaired) electrons. The summed E-state index contributed by atoms with van der Waals surface area (Å²) in [6.45, 7) is 2.22. The van der Waals surface area contributed by atoms with Crippen molar-refractivity contribution in [2.75, 3.05) is 20.3 Å². The first-order chi connectivity index (χ1) is 14.6. The van der Waals surface area contributed by atoms with Crippen LogP contribution in [0.15, 0.2) is 68.9 Å². The summed E-state index contributed by atoms with van der Waals surface area (Å²) in [6, 6.07) is 12.9. The van der Waals surface area contributed by atoms with E-state index in [0.29, 0.717) is 27.2 Å². The second kappa shape index (κ2) is 8.91. The lowest BCUT2D eigenvalue weighted by Gasteiger charge is -2.23. The molecule has 4 rings (SSSR count). The van der Waals surface area contributed by atoms with Gasteiger partial charge < -0.3 is 9.47 Å². The van der Waals surface area contributed by atoms with Crippen LogP contribution in [0.3, 0.4) is 0 Å². The molecule has 2 aromatic heterocycles. The predicted octanol–water partition coefficient (Wildman–Crippen LogP) is 2.49. The first-order valence-corrected chi connectivity index (χ1v) is 11.1. The van der Waals surface area contributed by atoms with E-state index in [1.165, 1.54) is 22.7 Å². The third kappa shape index (κ3) is 3.94. The standard InChI is InChI=1S/C22H20N2O4S2/c1-14-18(21(26)28-11-10-27-2)19(16-9-6-12-29-16)24-20(25)17(30-22(24)23-14)13-15-7-4-3-5-8-15/h3-9,12-13,19H,10-11H2,1-2H3. The van der Waals surface area contributed by atoms with Gasteiger partial charge in [0.05, 0.1) is 22.4 Å². The molecule has 0 bridgehead atoms. The molecule has 6 nitrogen and oxygen atoms in total. The molecule has 1 aliphatic rings. The fourth-order valence-corrected chi connectivity index (χ4v) is 5.16. The molecule has 30 heavy (non-hydrogen) atoms. The molecule has 0 aliphatic carbocycles. The Bertz CT molecular complexity index is 1250. The molecule has 1 aromatic carbocycles. The minimum atomic E-state index is -0.561. The van der Waals surface area contributed by atoms with Crippen LogP contribution in [-0.2, 0) is 14.3 Å². The number of carbonyl (C=O) groups is 1. The van der Waals surface area contributed by atoms with Gasteiger partial charge in [-0.2, -0.15) is 0 Å². The third-order valence-corrected chi connectivity index (χ3v) is 6.58. The number of esters is 1. The normalized spacial score (nSPS) is 16.3. The number of thiophene rings is 1. The SMILES string of the molecule is COCCOC(=O)C1=C(C)N=c2sc(=Cc3ccccc3)c(=O)n2C1c1cccs1. The Morgan fingerprint density at radius 2 is 2.00 bits per heavy atom. The minimum Gasteiger partial charge on any atom is -0.460 e. The van der Waals surface area contributed by atoms with Crippen LogP contribution < -0.4 is 14.9 Å². The van der Waals surface area contributed by atoms with Crippen LogP contribution in [0.1, 0.15) is 23.4 Å². The molecule has 3 aromatic rings. The number of fused-ring (bicyclic) bond motifs is 1. The topological polar surface area (TPSA) is 69.9 Å². The number of ether oxygens (including phenoxy) is 2. The lowest BCUT2D eigenvalue weighted by Crippen LogP contribution is -2.39. The number of nitrogens with zero attached hydrogens (tertiary/aromatic N) is 2. The Kier molecular flexibility index (Phi) is 6.08. The molecule has 0 saturated heterocycles. The van der Waals surface area contributed by atoms with E-state index in [9.17, 15) is 9.59 Å². The second-order valence-electron chi connectivity index (χ2n) is 6.64. The summed E-state index contributed by atoms with van der Waals surface area (Å²) in [5.41, 5.74) is 1.71. The monoisotopic (exact) mass is 440 g/mol. The molecule has 8 heteroatoms. The van der Waals surface area contributed by atoms with E-state index in [4.69, 9.17) is 9.47 Å². The number of rotatable bonds is 6. The van der Waals surface area contributed by atoms with Gasteiger partial charge in [0.15, 0.2) is 4.80 Å². The number of thiazole rings is 1. The smallest absolute Gasteiger partial charge is 0.338 e. The Hall–Kier alpha value is -2.81. The molecule has 1 atom stereocenters. The van der Waals surface area contributed by atoms with Crippen molar-refractivity contribution in [3.8, 4) is 0 Å². The van der Waals surface area contributed by atoms with E-state index in [1.807, 2.05) is 53.9 Å². The van der Waals surface area contributed by atoms with Gasteiger partial charge in [-0.1, -0.05) is 47.7 Å². The molecular formula is C22H20N2O4S2. The zero-order valence-corrected chi connectivity index (χ0v) is 18.2. The van der Waals surface area contributed by atoms with Crippen molar-refractivity contribution in [3.63, 3.8) is 0 Å². The number of hydrogen-bond donors (Lipinski definition) is 0. The summed E-state index contributed by atoms with van der Waals surface area (Å²) >= 11 is 2.82. The summed E-state index contributed by atoms with van der Waals surface area (Å²) in [7, 11) is 1.55. The van der Waals surface area contributed by atoms with Gasteiger partial charge >= 0.3 is 5.97 Å². The number of methoxy groups -OCH3 is 1. The van der Waals surface area contributed by atoms with Crippen LogP contribution >= 0.6 is 22.7 Å². The first-order valence-electron chi connectivity index (χ1n) is 9.37. The summed E-state index contributed by atoms with van der Waals surface area (Å²) < 4.78 is 12.5. The number of carbonyl (C=O) groups excluding carboxylic acids is 1. The highest BCUT2D eigenvalue weighted by Gasteiger charge is 2.33. The molecule has 0 spiro atoms. The Balaban J connectivity index is 1.86. The van der Waals surface area contributed by atoms with Crippen LogP contribution in [-0.4, -0.2) is 30.9 Å². The van der Waals surface area contributed by atoms with Crippen molar-refractivity contribution in [1.82, 2.24) is 4.57 Å². The number of benzene rings is 1. The van der Waals surface area contributed by atoms with Crippen LogP contribution in [0.2, 0.25) is 0 Å². The second-order valence-corrected chi connectivity index (χ2v) is 8.62.